The van der Waals surface area contributed by atoms with Gasteiger partial charge >= 0.3 is 0 Å². The zero-order chi connectivity index (χ0) is 20.8. The highest BCUT2D eigenvalue weighted by Gasteiger charge is 2.12. The molecule has 0 bridgehead atoms. The van der Waals surface area contributed by atoms with Crippen molar-refractivity contribution in [3.8, 4) is 16.8 Å². The summed E-state index contributed by atoms with van der Waals surface area (Å²) in [6, 6.07) is 15.4. The van der Waals surface area contributed by atoms with Gasteiger partial charge in [0, 0.05) is 46.7 Å². The van der Waals surface area contributed by atoms with Crippen molar-refractivity contribution in [2.24, 2.45) is 0 Å². The smallest absolute Gasteiger partial charge is 0.255 e. The third kappa shape index (κ3) is 2.90. The molecular formula is C24H19N5O. The van der Waals surface area contributed by atoms with Gasteiger partial charge in [0.25, 0.3) is 5.56 Å². The molecule has 0 radical (unpaired) electrons. The predicted molar refractivity (Wildman–Crippen MR) is 120 cm³/mol. The number of nitrogen functional groups attached to an aromatic ring is 1. The lowest BCUT2D eigenvalue weighted by Crippen LogP contribution is -2.18. The predicted octanol–water partition coefficient (Wildman–Crippen LogP) is 4.19. The van der Waals surface area contributed by atoms with Crippen LogP contribution in [0.2, 0.25) is 0 Å². The number of nitrogens with two attached hydrogens (primary N) is 1. The maximum atomic E-state index is 13.0. The first kappa shape index (κ1) is 18.0. The van der Waals surface area contributed by atoms with Crippen molar-refractivity contribution in [2.45, 2.75) is 13.8 Å². The Morgan fingerprint density at radius 3 is 2.37 bits per heavy atom. The highest BCUT2D eigenvalue weighted by molar-refractivity contribution is 6.05. The lowest BCUT2D eigenvalue weighted by atomic mass is 10.0. The van der Waals surface area contributed by atoms with Gasteiger partial charge in [-0.25, -0.2) is 9.97 Å². The lowest BCUT2D eigenvalue weighted by molar-refractivity contribution is 1.04. The minimum absolute atomic E-state index is 0.0838. The fourth-order valence-corrected chi connectivity index (χ4v) is 3.70. The number of aromatic nitrogens is 4. The fourth-order valence-electron chi connectivity index (χ4n) is 3.70. The van der Waals surface area contributed by atoms with Crippen LogP contribution in [0.4, 0.5) is 5.95 Å². The standard InChI is InChI=1S/C24H19N5O/c1-14-3-6-19(9-15(14)2)29-22(30)8-5-17-11-26-21-7-4-16(10-20(21)23(17)29)18-12-27-24(25)28-13-18/h3-13H,1-2H3,(H2,25,27,28). The lowest BCUT2D eigenvalue weighted by Gasteiger charge is -2.14. The van der Waals surface area contributed by atoms with E-state index in [-0.39, 0.29) is 11.5 Å². The monoisotopic (exact) mass is 393 g/mol. The van der Waals surface area contributed by atoms with Gasteiger partial charge in [-0.2, -0.15) is 0 Å². The number of aryl methyl sites for hydroxylation is 2. The van der Waals surface area contributed by atoms with Crippen molar-refractivity contribution in [3.05, 3.63) is 88.6 Å². The van der Waals surface area contributed by atoms with Gasteiger partial charge < -0.3 is 5.73 Å². The van der Waals surface area contributed by atoms with E-state index in [9.17, 15) is 4.79 Å². The summed E-state index contributed by atoms with van der Waals surface area (Å²) >= 11 is 0. The zero-order valence-electron chi connectivity index (χ0n) is 16.6. The summed E-state index contributed by atoms with van der Waals surface area (Å²) in [5.41, 5.74) is 12.1. The molecule has 0 aliphatic heterocycles. The van der Waals surface area contributed by atoms with Gasteiger partial charge in [-0.1, -0.05) is 12.1 Å². The van der Waals surface area contributed by atoms with Crippen molar-refractivity contribution in [1.82, 2.24) is 19.5 Å². The van der Waals surface area contributed by atoms with Gasteiger partial charge in [0.2, 0.25) is 5.95 Å². The van der Waals surface area contributed by atoms with Gasteiger partial charge in [0.1, 0.15) is 0 Å². The molecule has 0 spiro atoms. The first-order valence-corrected chi connectivity index (χ1v) is 9.61. The third-order valence-electron chi connectivity index (χ3n) is 5.47. The maximum absolute atomic E-state index is 13.0. The van der Waals surface area contributed by atoms with Crippen LogP contribution in [-0.2, 0) is 0 Å². The summed E-state index contributed by atoms with van der Waals surface area (Å²) in [4.78, 5) is 25.7. The third-order valence-corrected chi connectivity index (χ3v) is 5.47. The number of hydrogen-bond donors (Lipinski definition) is 1. The Hall–Kier alpha value is -4.06. The van der Waals surface area contributed by atoms with Crippen LogP contribution in [0, 0.1) is 13.8 Å². The molecule has 0 fully saturated rings. The number of anilines is 1. The average molecular weight is 393 g/mol. The molecule has 0 amide bonds. The Bertz CT molecular complexity index is 1490. The molecular weight excluding hydrogens is 374 g/mol. The van der Waals surface area contributed by atoms with Crippen LogP contribution in [0.1, 0.15) is 11.1 Å². The minimum Gasteiger partial charge on any atom is -0.368 e. The molecule has 0 unspecified atom stereocenters. The number of rotatable bonds is 2. The molecule has 0 atom stereocenters. The van der Waals surface area contributed by atoms with Gasteiger partial charge in [0.05, 0.1) is 11.0 Å². The zero-order valence-corrected chi connectivity index (χ0v) is 16.6. The van der Waals surface area contributed by atoms with Crippen molar-refractivity contribution in [3.63, 3.8) is 0 Å². The number of nitrogens with zero attached hydrogens (tertiary/aromatic N) is 4. The molecule has 30 heavy (non-hydrogen) atoms. The van der Waals surface area contributed by atoms with E-state index in [2.05, 4.69) is 21.9 Å². The first-order valence-electron chi connectivity index (χ1n) is 9.61. The summed E-state index contributed by atoms with van der Waals surface area (Å²) in [7, 11) is 0. The normalized spacial score (nSPS) is 11.3. The highest BCUT2D eigenvalue weighted by Crippen LogP contribution is 2.29. The summed E-state index contributed by atoms with van der Waals surface area (Å²) in [6.45, 7) is 4.11. The van der Waals surface area contributed by atoms with Crippen LogP contribution in [0.3, 0.4) is 0 Å². The van der Waals surface area contributed by atoms with Gasteiger partial charge in [-0.15, -0.1) is 0 Å². The SMILES string of the molecule is Cc1ccc(-n2c(=O)ccc3cnc4ccc(-c5cnc(N)nc5)cc4c32)cc1C. The summed E-state index contributed by atoms with van der Waals surface area (Å²) < 4.78 is 1.76. The van der Waals surface area contributed by atoms with Gasteiger partial charge in [-0.05, 0) is 60.9 Å². The first-order chi connectivity index (χ1) is 14.5. The Morgan fingerprint density at radius 1 is 0.800 bits per heavy atom. The molecule has 0 aliphatic carbocycles. The van der Waals surface area contributed by atoms with Gasteiger partial charge in [0.15, 0.2) is 0 Å². The quantitative estimate of drug-likeness (QED) is 0.454. The van der Waals surface area contributed by atoms with E-state index in [1.54, 1.807) is 29.2 Å². The van der Waals surface area contributed by atoms with Crippen LogP contribution in [0.25, 0.3) is 38.6 Å². The molecule has 2 aromatic carbocycles. The van der Waals surface area contributed by atoms with Crippen LogP contribution in [-0.4, -0.2) is 19.5 Å². The maximum Gasteiger partial charge on any atom is 0.255 e. The van der Waals surface area contributed by atoms with Crippen LogP contribution >= 0.6 is 0 Å². The molecule has 6 heteroatoms. The van der Waals surface area contributed by atoms with Gasteiger partial charge in [-0.3, -0.25) is 14.3 Å². The largest absolute Gasteiger partial charge is 0.368 e. The second-order valence-electron chi connectivity index (χ2n) is 7.40. The van der Waals surface area contributed by atoms with E-state index in [1.165, 1.54) is 5.56 Å². The molecule has 5 aromatic rings. The second-order valence-corrected chi connectivity index (χ2v) is 7.40. The highest BCUT2D eigenvalue weighted by atomic mass is 16.1. The number of pyridine rings is 2. The molecule has 0 saturated heterocycles. The Balaban J connectivity index is 1.86. The number of fused-ring (bicyclic) bond motifs is 3. The topological polar surface area (TPSA) is 86.7 Å². The molecule has 0 aliphatic rings. The minimum atomic E-state index is -0.0838. The fraction of sp³-hybridized carbons (Fsp3) is 0.0833. The molecule has 6 nitrogen and oxygen atoms in total. The van der Waals surface area contributed by atoms with Crippen LogP contribution < -0.4 is 11.3 Å². The van der Waals surface area contributed by atoms with E-state index in [1.807, 2.05) is 49.4 Å². The van der Waals surface area contributed by atoms with E-state index in [4.69, 9.17) is 5.73 Å². The van der Waals surface area contributed by atoms with Crippen molar-refractivity contribution < 1.29 is 0 Å². The van der Waals surface area contributed by atoms with E-state index < -0.39 is 0 Å². The number of hydrogen-bond acceptors (Lipinski definition) is 5. The molecule has 5 rings (SSSR count). The Labute approximate surface area is 172 Å². The number of benzene rings is 2. The average Bonchev–Trinajstić information content (AvgIpc) is 2.76. The van der Waals surface area contributed by atoms with Crippen molar-refractivity contribution >= 4 is 27.8 Å². The second kappa shape index (κ2) is 6.77. The van der Waals surface area contributed by atoms with E-state index in [0.29, 0.717) is 0 Å². The van der Waals surface area contributed by atoms with E-state index in [0.717, 1.165) is 44.2 Å². The molecule has 3 aromatic heterocycles. The van der Waals surface area contributed by atoms with Crippen LogP contribution in [0.15, 0.2) is 71.9 Å². The van der Waals surface area contributed by atoms with Crippen LogP contribution in [0.5, 0.6) is 0 Å². The Morgan fingerprint density at radius 2 is 1.60 bits per heavy atom. The van der Waals surface area contributed by atoms with Crippen molar-refractivity contribution in [2.75, 3.05) is 5.73 Å². The van der Waals surface area contributed by atoms with Crippen molar-refractivity contribution in [1.29, 1.82) is 0 Å². The molecule has 0 saturated carbocycles. The molecule has 146 valence electrons. The van der Waals surface area contributed by atoms with E-state index >= 15 is 0 Å². The molecule has 2 N–H and O–H groups in total. The Kier molecular flexibility index (Phi) is 4.06. The summed E-state index contributed by atoms with van der Waals surface area (Å²) in [5, 5.41) is 1.78. The molecule has 3 heterocycles. The summed E-state index contributed by atoms with van der Waals surface area (Å²) in [5.74, 6) is 0.232. The summed E-state index contributed by atoms with van der Waals surface area (Å²) in [6.07, 6.45) is 5.19.